The Labute approximate surface area is 78.2 Å². The Hall–Kier alpha value is -0.610. The van der Waals surface area contributed by atoms with Gasteiger partial charge in [0.15, 0.2) is 0 Å². The van der Waals surface area contributed by atoms with E-state index in [1.807, 2.05) is 11.8 Å². The summed E-state index contributed by atoms with van der Waals surface area (Å²) in [5.41, 5.74) is 0. The number of amides is 1. The minimum Gasteiger partial charge on any atom is -0.381 e. The van der Waals surface area contributed by atoms with Gasteiger partial charge in [0.05, 0.1) is 18.8 Å². The number of hydrogen-bond acceptors (Lipinski definition) is 3. The van der Waals surface area contributed by atoms with Crippen molar-refractivity contribution in [1.82, 2.24) is 10.2 Å². The lowest BCUT2D eigenvalue weighted by Gasteiger charge is -2.39. The first-order valence-electron chi connectivity index (χ1n) is 4.79. The molecule has 2 rings (SSSR count). The molecular formula is C9H16N2O2. The zero-order chi connectivity index (χ0) is 9.42. The molecule has 0 aromatic carbocycles. The number of rotatable bonds is 2. The summed E-state index contributed by atoms with van der Waals surface area (Å²) in [6, 6.07) is 0.413. The summed E-state index contributed by atoms with van der Waals surface area (Å²) in [5, 5.41) is 3.14. The van der Waals surface area contributed by atoms with E-state index in [2.05, 4.69) is 5.32 Å². The maximum Gasteiger partial charge on any atom is 0.240 e. The van der Waals surface area contributed by atoms with Crippen LogP contribution in [0.4, 0.5) is 0 Å². The van der Waals surface area contributed by atoms with E-state index in [4.69, 9.17) is 4.74 Å². The summed E-state index contributed by atoms with van der Waals surface area (Å²) in [5.74, 6) is 0.236. The predicted molar refractivity (Wildman–Crippen MR) is 48.1 cm³/mol. The maximum atomic E-state index is 11.6. The van der Waals surface area contributed by atoms with Crippen LogP contribution in [-0.2, 0) is 9.53 Å². The molecule has 13 heavy (non-hydrogen) atoms. The molecule has 74 valence electrons. The number of hydrogen-bond donors (Lipinski definition) is 1. The van der Waals surface area contributed by atoms with E-state index in [0.717, 1.165) is 12.8 Å². The average Bonchev–Trinajstić information content (AvgIpc) is 2.34. The molecular weight excluding hydrogens is 168 g/mol. The molecule has 0 aromatic heterocycles. The molecule has 1 atom stereocenters. The first-order valence-corrected chi connectivity index (χ1v) is 4.79. The molecule has 0 spiro atoms. The van der Waals surface area contributed by atoms with E-state index in [9.17, 15) is 4.79 Å². The fraction of sp³-hybridized carbons (Fsp3) is 0.889. The number of carbonyl (C=O) groups is 1. The SMILES string of the molecule is COC1CC(N2CNC(C)C2=O)C1. The Bertz CT molecular complexity index is 214. The molecule has 4 heteroatoms. The molecule has 2 fully saturated rings. The number of carbonyl (C=O) groups excluding carboxylic acids is 1. The van der Waals surface area contributed by atoms with E-state index in [1.54, 1.807) is 7.11 Å². The fourth-order valence-electron chi connectivity index (χ4n) is 1.94. The van der Waals surface area contributed by atoms with Crippen LogP contribution in [0.25, 0.3) is 0 Å². The van der Waals surface area contributed by atoms with Crippen molar-refractivity contribution in [2.24, 2.45) is 0 Å². The Morgan fingerprint density at radius 2 is 2.23 bits per heavy atom. The molecule has 4 nitrogen and oxygen atoms in total. The van der Waals surface area contributed by atoms with Gasteiger partial charge in [-0.3, -0.25) is 10.1 Å². The van der Waals surface area contributed by atoms with Crippen LogP contribution in [0.2, 0.25) is 0 Å². The Morgan fingerprint density at radius 3 is 2.69 bits per heavy atom. The summed E-state index contributed by atoms with van der Waals surface area (Å²) >= 11 is 0. The van der Waals surface area contributed by atoms with Crippen LogP contribution in [0.3, 0.4) is 0 Å². The van der Waals surface area contributed by atoms with E-state index in [-0.39, 0.29) is 11.9 Å². The van der Waals surface area contributed by atoms with E-state index >= 15 is 0 Å². The van der Waals surface area contributed by atoms with Crippen molar-refractivity contribution in [3.8, 4) is 0 Å². The monoisotopic (exact) mass is 184 g/mol. The second-order valence-electron chi connectivity index (χ2n) is 3.87. The highest BCUT2D eigenvalue weighted by atomic mass is 16.5. The highest BCUT2D eigenvalue weighted by Gasteiger charge is 2.40. The Balaban J connectivity index is 1.87. The second-order valence-corrected chi connectivity index (χ2v) is 3.87. The standard InChI is InChI=1S/C9H16N2O2/c1-6-9(12)11(5-10-6)7-3-8(4-7)13-2/h6-8,10H,3-5H2,1-2H3. The van der Waals surface area contributed by atoms with Crippen molar-refractivity contribution in [1.29, 1.82) is 0 Å². The van der Waals surface area contributed by atoms with Crippen LogP contribution in [0.1, 0.15) is 19.8 Å². The topological polar surface area (TPSA) is 41.6 Å². The van der Waals surface area contributed by atoms with E-state index in [0.29, 0.717) is 18.8 Å². The largest absolute Gasteiger partial charge is 0.381 e. The van der Waals surface area contributed by atoms with Crippen LogP contribution in [0.5, 0.6) is 0 Å². The van der Waals surface area contributed by atoms with Crippen molar-refractivity contribution in [3.63, 3.8) is 0 Å². The molecule has 1 saturated heterocycles. The number of methoxy groups -OCH3 is 1. The Kier molecular flexibility index (Phi) is 2.26. The highest BCUT2D eigenvalue weighted by molar-refractivity contribution is 5.83. The minimum absolute atomic E-state index is 0.00148. The zero-order valence-corrected chi connectivity index (χ0v) is 8.12. The van der Waals surface area contributed by atoms with Gasteiger partial charge in [0.2, 0.25) is 5.91 Å². The third-order valence-electron chi connectivity index (χ3n) is 3.07. The van der Waals surface area contributed by atoms with Crippen molar-refractivity contribution in [2.75, 3.05) is 13.8 Å². The highest BCUT2D eigenvalue weighted by Crippen LogP contribution is 2.29. The summed E-state index contributed by atoms with van der Waals surface area (Å²) in [4.78, 5) is 13.5. The van der Waals surface area contributed by atoms with Gasteiger partial charge in [-0.05, 0) is 19.8 Å². The molecule has 2 aliphatic rings. The third-order valence-corrected chi connectivity index (χ3v) is 3.07. The molecule has 1 aliphatic carbocycles. The molecule has 0 aromatic rings. The van der Waals surface area contributed by atoms with Crippen molar-refractivity contribution in [2.45, 2.75) is 38.0 Å². The zero-order valence-electron chi connectivity index (χ0n) is 8.12. The van der Waals surface area contributed by atoms with Gasteiger partial charge in [-0.2, -0.15) is 0 Å². The predicted octanol–water partition coefficient (Wildman–Crippen LogP) is -0.0584. The van der Waals surface area contributed by atoms with Crippen LogP contribution in [0, 0.1) is 0 Å². The quantitative estimate of drug-likeness (QED) is 0.654. The van der Waals surface area contributed by atoms with E-state index in [1.165, 1.54) is 0 Å². The average molecular weight is 184 g/mol. The van der Waals surface area contributed by atoms with Crippen molar-refractivity contribution < 1.29 is 9.53 Å². The summed E-state index contributed by atoms with van der Waals surface area (Å²) in [6.45, 7) is 2.62. The van der Waals surface area contributed by atoms with Crippen LogP contribution >= 0.6 is 0 Å². The molecule has 1 aliphatic heterocycles. The smallest absolute Gasteiger partial charge is 0.240 e. The van der Waals surface area contributed by atoms with Gasteiger partial charge in [0.1, 0.15) is 0 Å². The normalized spacial score (nSPS) is 39.4. The summed E-state index contributed by atoms with van der Waals surface area (Å²) < 4.78 is 5.18. The molecule has 0 radical (unpaired) electrons. The number of nitrogens with zero attached hydrogens (tertiary/aromatic N) is 1. The molecule has 1 unspecified atom stereocenters. The minimum atomic E-state index is 0.00148. The van der Waals surface area contributed by atoms with E-state index < -0.39 is 0 Å². The van der Waals surface area contributed by atoms with Gasteiger partial charge in [-0.15, -0.1) is 0 Å². The van der Waals surface area contributed by atoms with Gasteiger partial charge in [-0.1, -0.05) is 0 Å². The van der Waals surface area contributed by atoms with Crippen LogP contribution in [-0.4, -0.2) is 42.8 Å². The lowest BCUT2D eigenvalue weighted by atomic mass is 9.88. The molecule has 1 amide bonds. The van der Waals surface area contributed by atoms with Crippen molar-refractivity contribution in [3.05, 3.63) is 0 Å². The third kappa shape index (κ3) is 1.44. The maximum absolute atomic E-state index is 11.6. The van der Waals surface area contributed by atoms with Gasteiger partial charge in [0, 0.05) is 13.2 Å². The number of ether oxygens (including phenoxy) is 1. The fourth-order valence-corrected chi connectivity index (χ4v) is 1.94. The van der Waals surface area contributed by atoms with Crippen LogP contribution < -0.4 is 5.32 Å². The first kappa shape index (κ1) is 8.97. The van der Waals surface area contributed by atoms with Gasteiger partial charge in [-0.25, -0.2) is 0 Å². The van der Waals surface area contributed by atoms with Gasteiger partial charge < -0.3 is 9.64 Å². The van der Waals surface area contributed by atoms with Crippen molar-refractivity contribution >= 4 is 5.91 Å². The summed E-state index contributed by atoms with van der Waals surface area (Å²) in [7, 11) is 1.73. The molecule has 1 N–H and O–H groups in total. The lowest BCUT2D eigenvalue weighted by molar-refractivity contribution is -0.135. The molecule has 1 heterocycles. The van der Waals surface area contributed by atoms with Gasteiger partial charge >= 0.3 is 0 Å². The van der Waals surface area contributed by atoms with Crippen LogP contribution in [0.15, 0.2) is 0 Å². The summed E-state index contributed by atoms with van der Waals surface area (Å²) in [6.07, 6.45) is 2.36. The van der Waals surface area contributed by atoms with Gasteiger partial charge in [0.25, 0.3) is 0 Å². The molecule has 1 saturated carbocycles. The number of nitrogens with one attached hydrogen (secondary N) is 1. The first-order chi connectivity index (χ1) is 6.22. The molecule has 0 bridgehead atoms. The second kappa shape index (κ2) is 3.27. The lowest BCUT2D eigenvalue weighted by Crippen LogP contribution is -2.49. The Morgan fingerprint density at radius 1 is 1.54 bits per heavy atom.